The van der Waals surface area contributed by atoms with Crippen LogP contribution in [0.4, 0.5) is 11.4 Å². The molecule has 0 spiro atoms. The summed E-state index contributed by atoms with van der Waals surface area (Å²) in [5.41, 5.74) is 2.22. The molecule has 29 heavy (non-hydrogen) atoms. The fourth-order valence-electron chi connectivity index (χ4n) is 3.32. The number of nitrogens with zero attached hydrogens (tertiary/aromatic N) is 1. The Morgan fingerprint density at radius 3 is 2.52 bits per heavy atom. The fourth-order valence-corrected chi connectivity index (χ4v) is 3.32. The number of fused-ring (bicyclic) bond motifs is 1. The summed E-state index contributed by atoms with van der Waals surface area (Å²) in [6.07, 6.45) is 0.0160. The molecule has 0 radical (unpaired) electrons. The second-order valence-electron chi connectivity index (χ2n) is 6.61. The third-order valence-corrected chi connectivity index (χ3v) is 4.76. The molecule has 7 heteroatoms. The van der Waals surface area contributed by atoms with Crippen molar-refractivity contribution in [2.24, 2.45) is 0 Å². The first-order valence-electron chi connectivity index (χ1n) is 8.96. The summed E-state index contributed by atoms with van der Waals surface area (Å²) >= 11 is 0. The number of para-hydroxylation sites is 2. The molecular weight excluding hydrogens is 372 g/mol. The lowest BCUT2D eigenvalue weighted by Gasteiger charge is -2.25. The molecule has 1 heterocycles. The van der Waals surface area contributed by atoms with Gasteiger partial charge in [-0.05, 0) is 35.4 Å². The third-order valence-electron chi connectivity index (χ3n) is 4.76. The van der Waals surface area contributed by atoms with Crippen molar-refractivity contribution in [1.29, 1.82) is 0 Å². The fraction of sp³-hybridized carbons (Fsp3) is 0.0909. The zero-order chi connectivity index (χ0) is 20.4. The first-order valence-corrected chi connectivity index (χ1v) is 8.96. The van der Waals surface area contributed by atoms with Gasteiger partial charge in [-0.2, -0.15) is 0 Å². The van der Waals surface area contributed by atoms with E-state index in [0.29, 0.717) is 23.1 Å². The van der Waals surface area contributed by atoms with Crippen molar-refractivity contribution >= 4 is 23.3 Å². The van der Waals surface area contributed by atoms with E-state index in [2.05, 4.69) is 5.32 Å². The molecule has 1 amide bonds. The quantitative estimate of drug-likeness (QED) is 0.408. The largest absolute Gasteiger partial charge is 0.454 e. The minimum absolute atomic E-state index is 0.113. The first kappa shape index (κ1) is 18.4. The molecular formula is C22H16N2O5. The maximum atomic E-state index is 12.7. The molecule has 7 nitrogen and oxygen atoms in total. The summed E-state index contributed by atoms with van der Waals surface area (Å²) in [6, 6.07) is 20.0. The normalized spacial score (nSPS) is 15.2. The number of hydrogen-bond acceptors (Lipinski definition) is 5. The van der Waals surface area contributed by atoms with Gasteiger partial charge in [0.2, 0.25) is 0 Å². The molecule has 0 fully saturated rings. The number of anilines is 1. The SMILES string of the molecule is O=C(Nc1ccccc1[N+](=O)[O-])c1ccc2c(c1)C[C@H](c1ccccc1)OC2=O. The Morgan fingerprint density at radius 1 is 1.03 bits per heavy atom. The lowest BCUT2D eigenvalue weighted by atomic mass is 9.93. The molecule has 3 aromatic carbocycles. The molecule has 0 aromatic heterocycles. The maximum absolute atomic E-state index is 12.7. The lowest BCUT2D eigenvalue weighted by molar-refractivity contribution is -0.383. The summed E-state index contributed by atoms with van der Waals surface area (Å²) < 4.78 is 5.52. The Morgan fingerprint density at radius 2 is 1.76 bits per heavy atom. The minimum atomic E-state index is -0.553. The van der Waals surface area contributed by atoms with Crippen molar-refractivity contribution in [3.05, 3.63) is 105 Å². The predicted molar refractivity (Wildman–Crippen MR) is 106 cm³/mol. The zero-order valence-corrected chi connectivity index (χ0v) is 15.2. The Bertz CT molecular complexity index is 1110. The summed E-state index contributed by atoms with van der Waals surface area (Å²) in [5.74, 6) is -0.928. The highest BCUT2D eigenvalue weighted by molar-refractivity contribution is 6.06. The van der Waals surface area contributed by atoms with Crippen LogP contribution in [-0.2, 0) is 11.2 Å². The monoisotopic (exact) mass is 388 g/mol. The number of ether oxygens (including phenoxy) is 1. The van der Waals surface area contributed by atoms with E-state index in [4.69, 9.17) is 4.74 Å². The van der Waals surface area contributed by atoms with E-state index in [-0.39, 0.29) is 11.4 Å². The van der Waals surface area contributed by atoms with Crippen molar-refractivity contribution < 1.29 is 19.2 Å². The highest BCUT2D eigenvalue weighted by Gasteiger charge is 2.28. The molecule has 4 rings (SSSR count). The van der Waals surface area contributed by atoms with Crippen LogP contribution in [0.1, 0.15) is 37.9 Å². The van der Waals surface area contributed by atoms with Crippen LogP contribution >= 0.6 is 0 Å². The van der Waals surface area contributed by atoms with Crippen molar-refractivity contribution in [2.45, 2.75) is 12.5 Å². The van der Waals surface area contributed by atoms with Gasteiger partial charge in [0, 0.05) is 18.1 Å². The molecule has 144 valence electrons. The number of esters is 1. The van der Waals surface area contributed by atoms with E-state index in [0.717, 1.165) is 5.56 Å². The van der Waals surface area contributed by atoms with Crippen LogP contribution < -0.4 is 5.32 Å². The van der Waals surface area contributed by atoms with E-state index in [9.17, 15) is 19.7 Å². The van der Waals surface area contributed by atoms with Crippen LogP contribution in [-0.4, -0.2) is 16.8 Å². The van der Waals surface area contributed by atoms with Crippen LogP contribution in [0.2, 0.25) is 0 Å². The molecule has 0 unspecified atom stereocenters. The van der Waals surface area contributed by atoms with Gasteiger partial charge >= 0.3 is 5.97 Å². The number of carbonyl (C=O) groups excluding carboxylic acids is 2. The number of benzene rings is 3. The summed E-state index contributed by atoms with van der Waals surface area (Å²) in [6.45, 7) is 0. The predicted octanol–water partition coefficient (Wildman–Crippen LogP) is 4.30. The van der Waals surface area contributed by atoms with E-state index >= 15 is 0 Å². The average Bonchev–Trinajstić information content (AvgIpc) is 2.74. The first-order chi connectivity index (χ1) is 14.0. The number of carbonyl (C=O) groups is 2. The molecule has 1 aliphatic heterocycles. The van der Waals surface area contributed by atoms with Gasteiger partial charge in [0.25, 0.3) is 11.6 Å². The Balaban J connectivity index is 1.61. The van der Waals surface area contributed by atoms with Gasteiger partial charge in [-0.25, -0.2) is 4.79 Å². The summed E-state index contributed by atoms with van der Waals surface area (Å²) in [5, 5.41) is 13.7. The summed E-state index contributed by atoms with van der Waals surface area (Å²) in [4.78, 5) is 35.6. The van der Waals surface area contributed by atoms with Gasteiger partial charge in [-0.1, -0.05) is 42.5 Å². The number of nitro benzene ring substituents is 1. The Labute approximate surface area is 166 Å². The molecule has 0 bridgehead atoms. The smallest absolute Gasteiger partial charge is 0.339 e. The minimum Gasteiger partial charge on any atom is -0.454 e. The number of amides is 1. The van der Waals surface area contributed by atoms with Crippen molar-refractivity contribution in [2.75, 3.05) is 5.32 Å². The average molecular weight is 388 g/mol. The van der Waals surface area contributed by atoms with Gasteiger partial charge < -0.3 is 10.1 Å². The van der Waals surface area contributed by atoms with Gasteiger partial charge in [0.15, 0.2) is 0 Å². The van der Waals surface area contributed by atoms with Gasteiger partial charge in [-0.15, -0.1) is 0 Å². The molecule has 0 saturated carbocycles. The molecule has 0 aliphatic carbocycles. The van der Waals surface area contributed by atoms with E-state index in [1.165, 1.54) is 24.3 Å². The molecule has 0 saturated heterocycles. The van der Waals surface area contributed by atoms with E-state index in [1.54, 1.807) is 18.2 Å². The van der Waals surface area contributed by atoms with Crippen molar-refractivity contribution in [3.8, 4) is 0 Å². The van der Waals surface area contributed by atoms with Crippen LogP contribution in [0.15, 0.2) is 72.8 Å². The highest BCUT2D eigenvalue weighted by atomic mass is 16.6. The second kappa shape index (κ2) is 7.55. The van der Waals surface area contributed by atoms with Crippen molar-refractivity contribution in [1.82, 2.24) is 0 Å². The van der Waals surface area contributed by atoms with Crippen molar-refractivity contribution in [3.63, 3.8) is 0 Å². The number of hydrogen-bond donors (Lipinski definition) is 1. The third kappa shape index (κ3) is 3.70. The van der Waals surface area contributed by atoms with Gasteiger partial charge in [0.05, 0.1) is 10.5 Å². The van der Waals surface area contributed by atoms with E-state index in [1.807, 2.05) is 30.3 Å². The number of cyclic esters (lactones) is 1. The van der Waals surface area contributed by atoms with Gasteiger partial charge in [-0.3, -0.25) is 14.9 Å². The van der Waals surface area contributed by atoms with Crippen LogP contribution in [0, 0.1) is 10.1 Å². The topological polar surface area (TPSA) is 98.5 Å². The maximum Gasteiger partial charge on any atom is 0.339 e. The van der Waals surface area contributed by atoms with Gasteiger partial charge in [0.1, 0.15) is 11.8 Å². The molecule has 1 aliphatic rings. The number of nitro groups is 1. The standard InChI is InChI=1S/C22H16N2O5/c25-21(23-18-8-4-5-9-19(18)24(27)28)15-10-11-17-16(12-15)13-20(29-22(17)26)14-6-2-1-3-7-14/h1-12,20H,13H2,(H,23,25)/t20-/m1/s1. The Hall–Kier alpha value is -4.00. The lowest BCUT2D eigenvalue weighted by Crippen LogP contribution is -2.23. The Kier molecular flexibility index (Phi) is 4.78. The molecule has 3 aromatic rings. The van der Waals surface area contributed by atoms with Crippen LogP contribution in [0.5, 0.6) is 0 Å². The number of rotatable bonds is 4. The zero-order valence-electron chi connectivity index (χ0n) is 15.2. The van der Waals surface area contributed by atoms with E-state index < -0.39 is 22.9 Å². The highest BCUT2D eigenvalue weighted by Crippen LogP contribution is 2.31. The summed E-state index contributed by atoms with van der Waals surface area (Å²) in [7, 11) is 0. The number of nitrogens with one attached hydrogen (secondary N) is 1. The van der Waals surface area contributed by atoms with Crippen LogP contribution in [0.25, 0.3) is 0 Å². The van der Waals surface area contributed by atoms with Crippen LogP contribution in [0.3, 0.4) is 0 Å². The second-order valence-corrected chi connectivity index (χ2v) is 6.61. The molecule has 1 atom stereocenters. The molecule has 1 N–H and O–H groups in total.